The smallest absolute Gasteiger partial charge is 0.169 e. The number of rotatable bonds is 4. The number of hydrogen-bond donors (Lipinski definition) is 2. The molecule has 0 fully saturated rings. The van der Waals surface area contributed by atoms with E-state index >= 15 is 0 Å². The van der Waals surface area contributed by atoms with Crippen molar-refractivity contribution in [2.75, 3.05) is 6.54 Å². The van der Waals surface area contributed by atoms with Crippen LogP contribution < -0.4 is 11.5 Å². The van der Waals surface area contributed by atoms with Gasteiger partial charge in [-0.1, -0.05) is 0 Å². The molecule has 1 rings (SSSR count). The maximum atomic E-state index is 5.82. The minimum Gasteiger partial charge on any atom is -0.453 e. The van der Waals surface area contributed by atoms with E-state index in [0.29, 0.717) is 6.54 Å². The molecule has 0 bridgehead atoms. The second-order valence-corrected chi connectivity index (χ2v) is 3.46. The highest BCUT2D eigenvalue weighted by Crippen LogP contribution is 2.21. The van der Waals surface area contributed by atoms with Gasteiger partial charge in [0.05, 0.1) is 6.04 Å². The second-order valence-electron chi connectivity index (χ2n) is 2.68. The van der Waals surface area contributed by atoms with Gasteiger partial charge in [-0.25, -0.2) is 0 Å². The third kappa shape index (κ3) is 4.13. The number of nitrogens with two attached hydrogens (primary N) is 2. The monoisotopic (exact) mass is 268 g/mol. The molecule has 4 N–H and O–H groups in total. The van der Waals surface area contributed by atoms with Crippen LogP contribution in [0, 0.1) is 0 Å². The Morgan fingerprint density at radius 2 is 2.15 bits per heavy atom. The molecule has 1 aromatic heterocycles. The molecule has 0 saturated carbocycles. The first-order valence-corrected chi connectivity index (χ1v) is 4.74. The molecule has 1 atom stereocenters. The van der Waals surface area contributed by atoms with Gasteiger partial charge in [-0.2, -0.15) is 0 Å². The van der Waals surface area contributed by atoms with Gasteiger partial charge in [0.15, 0.2) is 4.67 Å². The standard InChI is InChI=1S/C8H13BrN2O.ClH/c9-8-4-3-7(12-8)6(11)2-1-5-10;/h3-4,6H,1-2,5,10-11H2;1H/t6-;/m0./s1. The van der Waals surface area contributed by atoms with Crippen LogP contribution in [-0.4, -0.2) is 6.54 Å². The van der Waals surface area contributed by atoms with Crippen molar-refractivity contribution in [3.63, 3.8) is 0 Å². The summed E-state index contributed by atoms with van der Waals surface area (Å²) in [5, 5.41) is 0. The van der Waals surface area contributed by atoms with E-state index in [-0.39, 0.29) is 18.4 Å². The Morgan fingerprint density at radius 1 is 1.46 bits per heavy atom. The average molecular weight is 270 g/mol. The lowest BCUT2D eigenvalue weighted by atomic mass is 10.1. The number of hydrogen-bond acceptors (Lipinski definition) is 3. The van der Waals surface area contributed by atoms with E-state index in [1.165, 1.54) is 0 Å². The van der Waals surface area contributed by atoms with E-state index in [0.717, 1.165) is 23.3 Å². The highest BCUT2D eigenvalue weighted by molar-refractivity contribution is 9.10. The fraction of sp³-hybridized carbons (Fsp3) is 0.500. The van der Waals surface area contributed by atoms with Crippen molar-refractivity contribution in [3.05, 3.63) is 22.6 Å². The molecule has 0 amide bonds. The topological polar surface area (TPSA) is 65.2 Å². The van der Waals surface area contributed by atoms with Gasteiger partial charge in [-0.3, -0.25) is 0 Å². The highest BCUT2D eigenvalue weighted by atomic mass is 79.9. The molecule has 5 heteroatoms. The Bertz CT molecular complexity index is 242. The van der Waals surface area contributed by atoms with Crippen LogP contribution in [0.4, 0.5) is 0 Å². The van der Waals surface area contributed by atoms with Crippen LogP contribution in [0.1, 0.15) is 24.6 Å². The summed E-state index contributed by atoms with van der Waals surface area (Å²) in [4.78, 5) is 0. The van der Waals surface area contributed by atoms with E-state index in [2.05, 4.69) is 15.9 Å². The average Bonchev–Trinajstić information content (AvgIpc) is 2.47. The van der Waals surface area contributed by atoms with Crippen LogP contribution in [0.5, 0.6) is 0 Å². The minimum absolute atomic E-state index is 0. The fourth-order valence-electron chi connectivity index (χ4n) is 1.01. The fourth-order valence-corrected chi connectivity index (χ4v) is 1.33. The molecule has 76 valence electrons. The maximum Gasteiger partial charge on any atom is 0.169 e. The van der Waals surface area contributed by atoms with Crippen LogP contribution in [0.15, 0.2) is 21.2 Å². The van der Waals surface area contributed by atoms with E-state index in [4.69, 9.17) is 15.9 Å². The summed E-state index contributed by atoms with van der Waals surface area (Å²) in [6.07, 6.45) is 1.80. The van der Waals surface area contributed by atoms with Crippen LogP contribution in [0.3, 0.4) is 0 Å². The molecule has 0 aliphatic carbocycles. The summed E-state index contributed by atoms with van der Waals surface area (Å²) in [5.74, 6) is 0.815. The van der Waals surface area contributed by atoms with Crippen LogP contribution in [-0.2, 0) is 0 Å². The zero-order valence-electron chi connectivity index (χ0n) is 7.20. The Labute approximate surface area is 92.4 Å². The van der Waals surface area contributed by atoms with Crippen molar-refractivity contribution in [1.82, 2.24) is 0 Å². The van der Waals surface area contributed by atoms with Crippen LogP contribution >= 0.6 is 28.3 Å². The zero-order chi connectivity index (χ0) is 8.97. The van der Waals surface area contributed by atoms with Gasteiger partial charge in [-0.05, 0) is 47.4 Å². The summed E-state index contributed by atoms with van der Waals surface area (Å²) in [6, 6.07) is 3.70. The molecule has 0 radical (unpaired) electrons. The molecule has 0 aromatic carbocycles. The third-order valence-electron chi connectivity index (χ3n) is 1.68. The van der Waals surface area contributed by atoms with Gasteiger partial charge in [0.25, 0.3) is 0 Å². The van der Waals surface area contributed by atoms with E-state index in [1.807, 2.05) is 12.1 Å². The first-order chi connectivity index (χ1) is 5.74. The lowest BCUT2D eigenvalue weighted by molar-refractivity contribution is 0.433. The van der Waals surface area contributed by atoms with Crippen molar-refractivity contribution >= 4 is 28.3 Å². The molecule has 1 aromatic rings. The van der Waals surface area contributed by atoms with Crippen molar-refractivity contribution in [1.29, 1.82) is 0 Å². The van der Waals surface area contributed by atoms with Gasteiger partial charge in [0, 0.05) is 0 Å². The Hall–Kier alpha value is -0.0300. The SMILES string of the molecule is Cl.NCCC[C@H](N)c1ccc(Br)o1. The largest absolute Gasteiger partial charge is 0.453 e. The first kappa shape index (κ1) is 13.0. The molecule has 0 unspecified atom stereocenters. The Balaban J connectivity index is 0.00000144. The van der Waals surface area contributed by atoms with Crippen molar-refractivity contribution in [2.24, 2.45) is 11.5 Å². The zero-order valence-corrected chi connectivity index (χ0v) is 9.61. The quantitative estimate of drug-likeness (QED) is 0.881. The van der Waals surface area contributed by atoms with Gasteiger partial charge in [-0.15, -0.1) is 12.4 Å². The van der Waals surface area contributed by atoms with E-state index in [9.17, 15) is 0 Å². The Kier molecular flexibility index (Phi) is 6.41. The molecule has 0 aliphatic heterocycles. The predicted molar refractivity (Wildman–Crippen MR) is 58.9 cm³/mol. The molecular formula is C8H14BrClN2O. The molecule has 1 heterocycles. The molecule has 0 saturated heterocycles. The molecular weight excluding hydrogens is 255 g/mol. The second kappa shape index (κ2) is 6.43. The predicted octanol–water partition coefficient (Wildman–Crippen LogP) is 2.20. The normalized spacial score (nSPS) is 12.2. The lowest BCUT2D eigenvalue weighted by Crippen LogP contribution is -2.11. The number of halogens is 2. The van der Waals surface area contributed by atoms with Gasteiger partial charge >= 0.3 is 0 Å². The summed E-state index contributed by atoms with van der Waals surface area (Å²) < 4.78 is 6.02. The van der Waals surface area contributed by atoms with Crippen LogP contribution in [0.2, 0.25) is 0 Å². The third-order valence-corrected chi connectivity index (χ3v) is 2.10. The van der Waals surface area contributed by atoms with Gasteiger partial charge in [0.2, 0.25) is 0 Å². The van der Waals surface area contributed by atoms with E-state index in [1.54, 1.807) is 0 Å². The summed E-state index contributed by atoms with van der Waals surface area (Å²) in [6.45, 7) is 0.676. The molecule has 0 spiro atoms. The summed E-state index contributed by atoms with van der Waals surface area (Å²) in [7, 11) is 0. The van der Waals surface area contributed by atoms with Crippen LogP contribution in [0.25, 0.3) is 0 Å². The molecule has 3 nitrogen and oxygen atoms in total. The van der Waals surface area contributed by atoms with Crippen molar-refractivity contribution in [3.8, 4) is 0 Å². The van der Waals surface area contributed by atoms with Crippen molar-refractivity contribution < 1.29 is 4.42 Å². The highest BCUT2D eigenvalue weighted by Gasteiger charge is 2.08. The lowest BCUT2D eigenvalue weighted by Gasteiger charge is -2.06. The summed E-state index contributed by atoms with van der Waals surface area (Å²) in [5.41, 5.74) is 11.2. The van der Waals surface area contributed by atoms with Gasteiger partial charge < -0.3 is 15.9 Å². The first-order valence-electron chi connectivity index (χ1n) is 3.95. The maximum absolute atomic E-state index is 5.82. The number of furan rings is 1. The molecule has 0 aliphatic rings. The van der Waals surface area contributed by atoms with E-state index < -0.39 is 0 Å². The molecule has 13 heavy (non-hydrogen) atoms. The Morgan fingerprint density at radius 3 is 2.62 bits per heavy atom. The van der Waals surface area contributed by atoms with Gasteiger partial charge in [0.1, 0.15) is 5.76 Å². The van der Waals surface area contributed by atoms with Crippen molar-refractivity contribution in [2.45, 2.75) is 18.9 Å². The minimum atomic E-state index is -0.0279. The summed E-state index contributed by atoms with van der Waals surface area (Å²) >= 11 is 3.22.